The quantitative estimate of drug-likeness (QED) is 0.603. The van der Waals surface area contributed by atoms with Crippen molar-refractivity contribution < 1.29 is 14.4 Å². The second-order valence-corrected chi connectivity index (χ2v) is 6.76. The number of carbonyl (C=O) groups is 3. The van der Waals surface area contributed by atoms with Crippen LogP contribution in [0.5, 0.6) is 0 Å². The highest BCUT2D eigenvalue weighted by Crippen LogP contribution is 2.22. The molecule has 0 spiro atoms. The molecule has 0 saturated heterocycles. The molecular weight excluding hydrogens is 342 g/mol. The Labute approximate surface area is 158 Å². The Kier molecular flexibility index (Phi) is 5.66. The Morgan fingerprint density at radius 3 is 2.48 bits per heavy atom. The zero-order valence-corrected chi connectivity index (χ0v) is 15.6. The molecule has 2 aromatic carbocycles. The maximum Gasteiger partial charge on any atom is 0.261 e. The summed E-state index contributed by atoms with van der Waals surface area (Å²) in [6.45, 7) is 2.27. The van der Waals surface area contributed by atoms with Gasteiger partial charge < -0.3 is 10.2 Å². The fourth-order valence-corrected chi connectivity index (χ4v) is 3.13. The second kappa shape index (κ2) is 8.14. The lowest BCUT2D eigenvalue weighted by atomic mass is 10.1. The normalized spacial score (nSPS) is 13.2. The average molecular weight is 365 g/mol. The van der Waals surface area contributed by atoms with Crippen molar-refractivity contribution in [2.45, 2.75) is 13.0 Å². The minimum Gasteiger partial charge on any atom is -0.352 e. The Balaban J connectivity index is 1.48. The summed E-state index contributed by atoms with van der Waals surface area (Å²) >= 11 is 0. The van der Waals surface area contributed by atoms with Gasteiger partial charge in [0.05, 0.1) is 11.1 Å². The van der Waals surface area contributed by atoms with Crippen molar-refractivity contribution in [1.29, 1.82) is 0 Å². The highest BCUT2D eigenvalue weighted by Gasteiger charge is 2.33. The molecule has 6 nitrogen and oxygen atoms in total. The lowest BCUT2D eigenvalue weighted by molar-refractivity contribution is 0.0693. The molecular formula is C21H23N3O3. The Morgan fingerprint density at radius 2 is 1.74 bits per heavy atom. The molecule has 3 amide bonds. The minimum absolute atomic E-state index is 0.238. The molecule has 0 unspecified atom stereocenters. The number of fused-ring (bicyclic) bond motifs is 1. The van der Waals surface area contributed by atoms with Crippen molar-refractivity contribution in [2.75, 3.05) is 27.2 Å². The van der Waals surface area contributed by atoms with Crippen LogP contribution in [-0.4, -0.2) is 54.7 Å². The van der Waals surface area contributed by atoms with Crippen LogP contribution in [0, 0.1) is 0 Å². The Bertz CT molecular complexity index is 864. The first kappa shape index (κ1) is 18.8. The van der Waals surface area contributed by atoms with Gasteiger partial charge in [-0.05, 0) is 43.8 Å². The molecule has 27 heavy (non-hydrogen) atoms. The second-order valence-electron chi connectivity index (χ2n) is 6.76. The van der Waals surface area contributed by atoms with E-state index in [1.165, 1.54) is 18.7 Å². The van der Waals surface area contributed by atoms with E-state index >= 15 is 0 Å². The SMILES string of the molecule is CN(CCCNC(=O)c1ccc2c(c1)C(=O)N(C)C2=O)Cc1ccccc1. The van der Waals surface area contributed by atoms with E-state index in [1.54, 1.807) is 12.1 Å². The fourth-order valence-electron chi connectivity index (χ4n) is 3.13. The van der Waals surface area contributed by atoms with Crippen LogP contribution >= 0.6 is 0 Å². The number of hydrogen-bond acceptors (Lipinski definition) is 4. The van der Waals surface area contributed by atoms with Gasteiger partial charge >= 0.3 is 0 Å². The van der Waals surface area contributed by atoms with E-state index in [0.29, 0.717) is 17.7 Å². The van der Waals surface area contributed by atoms with Crippen molar-refractivity contribution in [1.82, 2.24) is 15.1 Å². The molecule has 0 saturated carbocycles. The van der Waals surface area contributed by atoms with E-state index in [1.807, 2.05) is 18.2 Å². The Hall–Kier alpha value is -2.99. The van der Waals surface area contributed by atoms with Gasteiger partial charge in [-0.3, -0.25) is 19.3 Å². The number of carbonyl (C=O) groups excluding carboxylic acids is 3. The van der Waals surface area contributed by atoms with Gasteiger partial charge in [0.15, 0.2) is 0 Å². The van der Waals surface area contributed by atoms with Crippen LogP contribution in [0.1, 0.15) is 43.1 Å². The summed E-state index contributed by atoms with van der Waals surface area (Å²) in [5.74, 6) is -0.936. The number of benzene rings is 2. The molecule has 0 aromatic heterocycles. The van der Waals surface area contributed by atoms with Gasteiger partial charge in [0.25, 0.3) is 17.7 Å². The molecule has 1 heterocycles. The lowest BCUT2D eigenvalue weighted by Crippen LogP contribution is -2.28. The number of hydrogen-bond donors (Lipinski definition) is 1. The first-order chi connectivity index (χ1) is 13.0. The van der Waals surface area contributed by atoms with Crippen LogP contribution in [0.25, 0.3) is 0 Å². The maximum absolute atomic E-state index is 12.3. The highest BCUT2D eigenvalue weighted by atomic mass is 16.2. The first-order valence-electron chi connectivity index (χ1n) is 8.94. The molecule has 0 radical (unpaired) electrons. The van der Waals surface area contributed by atoms with E-state index in [4.69, 9.17) is 0 Å². The van der Waals surface area contributed by atoms with Gasteiger partial charge in [-0.1, -0.05) is 30.3 Å². The number of imide groups is 1. The molecule has 3 rings (SSSR count). The summed E-state index contributed by atoms with van der Waals surface area (Å²) in [5, 5.41) is 2.87. The molecule has 6 heteroatoms. The van der Waals surface area contributed by atoms with Crippen molar-refractivity contribution in [3.63, 3.8) is 0 Å². The van der Waals surface area contributed by atoms with Crippen molar-refractivity contribution >= 4 is 17.7 Å². The van der Waals surface area contributed by atoms with Crippen LogP contribution < -0.4 is 5.32 Å². The molecule has 0 bridgehead atoms. The zero-order chi connectivity index (χ0) is 19.4. The van der Waals surface area contributed by atoms with Crippen LogP contribution in [0.15, 0.2) is 48.5 Å². The molecule has 0 fully saturated rings. The van der Waals surface area contributed by atoms with Gasteiger partial charge in [0.2, 0.25) is 0 Å². The number of nitrogens with one attached hydrogen (secondary N) is 1. The lowest BCUT2D eigenvalue weighted by Gasteiger charge is -2.16. The fraction of sp³-hybridized carbons (Fsp3) is 0.286. The summed E-state index contributed by atoms with van der Waals surface area (Å²) in [5.41, 5.74) is 2.29. The summed E-state index contributed by atoms with van der Waals surface area (Å²) in [7, 11) is 3.49. The van der Waals surface area contributed by atoms with Gasteiger partial charge in [-0.25, -0.2) is 0 Å². The van der Waals surface area contributed by atoms with E-state index < -0.39 is 0 Å². The van der Waals surface area contributed by atoms with Crippen LogP contribution in [0.3, 0.4) is 0 Å². The smallest absolute Gasteiger partial charge is 0.261 e. The van der Waals surface area contributed by atoms with Crippen LogP contribution in [-0.2, 0) is 6.54 Å². The van der Waals surface area contributed by atoms with E-state index in [2.05, 4.69) is 29.4 Å². The predicted molar refractivity (Wildman–Crippen MR) is 103 cm³/mol. The first-order valence-corrected chi connectivity index (χ1v) is 8.94. The molecule has 0 atom stereocenters. The largest absolute Gasteiger partial charge is 0.352 e. The predicted octanol–water partition coefficient (Wildman–Crippen LogP) is 2.16. The van der Waals surface area contributed by atoms with Gasteiger partial charge in [-0.2, -0.15) is 0 Å². The van der Waals surface area contributed by atoms with Gasteiger partial charge in [0, 0.05) is 25.7 Å². The van der Waals surface area contributed by atoms with E-state index in [-0.39, 0.29) is 23.3 Å². The molecule has 1 N–H and O–H groups in total. The number of rotatable bonds is 7. The van der Waals surface area contributed by atoms with Crippen molar-refractivity contribution in [3.8, 4) is 0 Å². The van der Waals surface area contributed by atoms with Gasteiger partial charge in [-0.15, -0.1) is 0 Å². The highest BCUT2D eigenvalue weighted by molar-refractivity contribution is 6.21. The summed E-state index contributed by atoms with van der Waals surface area (Å²) in [6.07, 6.45) is 0.820. The standard InChI is InChI=1S/C21H23N3O3/c1-23(14-15-7-4-3-5-8-15)12-6-11-22-19(25)16-9-10-17-18(13-16)21(27)24(2)20(17)26/h3-5,7-10,13H,6,11-12,14H2,1-2H3,(H,22,25). The minimum atomic E-state index is -0.368. The molecule has 1 aliphatic rings. The number of amides is 3. The van der Waals surface area contributed by atoms with Crippen LogP contribution in [0.4, 0.5) is 0 Å². The Morgan fingerprint density at radius 1 is 1.04 bits per heavy atom. The third-order valence-electron chi connectivity index (χ3n) is 4.65. The van der Waals surface area contributed by atoms with E-state index in [9.17, 15) is 14.4 Å². The monoisotopic (exact) mass is 365 g/mol. The number of nitrogens with zero attached hydrogens (tertiary/aromatic N) is 2. The molecule has 2 aromatic rings. The summed E-state index contributed by atoms with van der Waals surface area (Å²) < 4.78 is 0. The molecule has 0 aliphatic carbocycles. The van der Waals surface area contributed by atoms with Crippen molar-refractivity contribution in [2.24, 2.45) is 0 Å². The third-order valence-corrected chi connectivity index (χ3v) is 4.65. The zero-order valence-electron chi connectivity index (χ0n) is 15.6. The third kappa shape index (κ3) is 4.23. The molecule has 140 valence electrons. The summed E-state index contributed by atoms with van der Waals surface area (Å²) in [6, 6.07) is 14.9. The van der Waals surface area contributed by atoms with Gasteiger partial charge in [0.1, 0.15) is 0 Å². The van der Waals surface area contributed by atoms with Crippen molar-refractivity contribution in [3.05, 3.63) is 70.8 Å². The molecule has 1 aliphatic heterocycles. The maximum atomic E-state index is 12.3. The van der Waals surface area contributed by atoms with E-state index in [0.717, 1.165) is 24.4 Å². The average Bonchev–Trinajstić information content (AvgIpc) is 2.89. The summed E-state index contributed by atoms with van der Waals surface area (Å²) in [4.78, 5) is 39.5. The van der Waals surface area contributed by atoms with Crippen LogP contribution in [0.2, 0.25) is 0 Å². The topological polar surface area (TPSA) is 69.7 Å².